The zero-order chi connectivity index (χ0) is 13.4. The summed E-state index contributed by atoms with van der Waals surface area (Å²) in [6, 6.07) is 1.85. The summed E-state index contributed by atoms with van der Waals surface area (Å²) in [5.74, 6) is 3.32. The van der Waals surface area contributed by atoms with Gasteiger partial charge in [0.25, 0.3) is 0 Å². The number of aromatic nitrogens is 2. The third-order valence-corrected chi connectivity index (χ3v) is 4.40. The van der Waals surface area contributed by atoms with Crippen molar-refractivity contribution < 1.29 is 5.11 Å². The van der Waals surface area contributed by atoms with Crippen molar-refractivity contribution in [2.45, 2.75) is 38.7 Å². The fourth-order valence-corrected chi connectivity index (χ4v) is 3.42. The molecule has 0 spiro atoms. The van der Waals surface area contributed by atoms with Crippen LogP contribution in [0.3, 0.4) is 0 Å². The standard InChI is InChI=1S/C14H22N4O/c1-2-3-13-16-12(15)6-14(17-13)18-7-9-4-5-11(19)10(9)8-18/h6,9-11,19H,2-5,7-8H2,1H3,(H2,15,16,17). The lowest BCUT2D eigenvalue weighted by Crippen LogP contribution is -2.25. The van der Waals surface area contributed by atoms with Gasteiger partial charge in [0.1, 0.15) is 17.5 Å². The largest absolute Gasteiger partial charge is 0.393 e. The van der Waals surface area contributed by atoms with E-state index < -0.39 is 0 Å². The molecule has 1 aliphatic heterocycles. The smallest absolute Gasteiger partial charge is 0.134 e. The van der Waals surface area contributed by atoms with Gasteiger partial charge in [0.2, 0.25) is 0 Å². The number of nitrogens with zero attached hydrogens (tertiary/aromatic N) is 3. The van der Waals surface area contributed by atoms with Crippen LogP contribution in [0.2, 0.25) is 0 Å². The molecule has 1 saturated carbocycles. The van der Waals surface area contributed by atoms with Gasteiger partial charge in [0, 0.05) is 31.5 Å². The maximum absolute atomic E-state index is 9.97. The zero-order valence-corrected chi connectivity index (χ0v) is 11.4. The molecule has 0 aromatic carbocycles. The van der Waals surface area contributed by atoms with Gasteiger partial charge >= 0.3 is 0 Å². The molecule has 3 unspecified atom stereocenters. The monoisotopic (exact) mass is 262 g/mol. The molecule has 3 rings (SSSR count). The van der Waals surface area contributed by atoms with E-state index in [9.17, 15) is 5.11 Å². The number of fused-ring (bicyclic) bond motifs is 1. The summed E-state index contributed by atoms with van der Waals surface area (Å²) in [5.41, 5.74) is 5.87. The molecule has 0 radical (unpaired) electrons. The van der Waals surface area contributed by atoms with Crippen molar-refractivity contribution in [1.29, 1.82) is 0 Å². The molecule has 1 aromatic rings. The molecule has 1 aliphatic carbocycles. The number of aryl methyl sites for hydroxylation is 1. The van der Waals surface area contributed by atoms with E-state index in [0.717, 1.165) is 50.4 Å². The molecule has 104 valence electrons. The Balaban J connectivity index is 1.79. The summed E-state index contributed by atoms with van der Waals surface area (Å²) in [4.78, 5) is 11.1. The number of rotatable bonds is 3. The summed E-state index contributed by atoms with van der Waals surface area (Å²) < 4.78 is 0. The Bertz CT molecular complexity index is 465. The van der Waals surface area contributed by atoms with Gasteiger partial charge in [0.15, 0.2) is 0 Å². The van der Waals surface area contributed by atoms with Gasteiger partial charge in [-0.25, -0.2) is 9.97 Å². The van der Waals surface area contributed by atoms with Gasteiger partial charge in [-0.3, -0.25) is 0 Å². The van der Waals surface area contributed by atoms with Crippen LogP contribution in [0.5, 0.6) is 0 Å². The summed E-state index contributed by atoms with van der Waals surface area (Å²) in [5, 5.41) is 9.97. The fourth-order valence-electron chi connectivity index (χ4n) is 3.42. The lowest BCUT2D eigenvalue weighted by atomic mass is 10.00. The van der Waals surface area contributed by atoms with Gasteiger partial charge < -0.3 is 15.7 Å². The molecule has 2 heterocycles. The summed E-state index contributed by atoms with van der Waals surface area (Å²) >= 11 is 0. The Kier molecular flexibility index (Phi) is 3.31. The second kappa shape index (κ2) is 4.96. The van der Waals surface area contributed by atoms with Crippen LogP contribution in [0.1, 0.15) is 32.0 Å². The van der Waals surface area contributed by atoms with Crippen molar-refractivity contribution >= 4 is 11.6 Å². The Labute approximate surface area is 113 Å². The summed E-state index contributed by atoms with van der Waals surface area (Å²) in [6.07, 6.45) is 3.83. The van der Waals surface area contributed by atoms with E-state index in [2.05, 4.69) is 21.8 Å². The highest BCUT2D eigenvalue weighted by Crippen LogP contribution is 2.39. The minimum atomic E-state index is -0.135. The van der Waals surface area contributed by atoms with E-state index in [4.69, 9.17) is 5.73 Å². The molecule has 2 fully saturated rings. The number of hydrogen-bond acceptors (Lipinski definition) is 5. The molecule has 3 atom stereocenters. The predicted octanol–water partition coefficient (Wildman–Crippen LogP) is 1.22. The minimum absolute atomic E-state index is 0.135. The molecule has 0 amide bonds. The summed E-state index contributed by atoms with van der Waals surface area (Å²) in [7, 11) is 0. The topological polar surface area (TPSA) is 75.3 Å². The van der Waals surface area contributed by atoms with Crippen LogP contribution in [-0.2, 0) is 6.42 Å². The van der Waals surface area contributed by atoms with E-state index in [1.807, 2.05) is 6.07 Å². The molecule has 1 saturated heterocycles. The SMILES string of the molecule is CCCc1nc(N)cc(N2CC3CCC(O)C3C2)n1. The highest BCUT2D eigenvalue weighted by molar-refractivity contribution is 5.48. The van der Waals surface area contributed by atoms with Crippen molar-refractivity contribution in [1.82, 2.24) is 9.97 Å². The van der Waals surface area contributed by atoms with E-state index >= 15 is 0 Å². The molecule has 2 aliphatic rings. The second-order valence-corrected chi connectivity index (χ2v) is 5.79. The predicted molar refractivity (Wildman–Crippen MR) is 74.9 cm³/mol. The first-order valence-corrected chi connectivity index (χ1v) is 7.24. The molecular formula is C14H22N4O. The lowest BCUT2D eigenvalue weighted by molar-refractivity contribution is 0.133. The minimum Gasteiger partial charge on any atom is -0.393 e. The number of anilines is 2. The van der Waals surface area contributed by atoms with Crippen LogP contribution >= 0.6 is 0 Å². The second-order valence-electron chi connectivity index (χ2n) is 5.79. The third kappa shape index (κ3) is 2.39. The Morgan fingerprint density at radius 3 is 2.95 bits per heavy atom. The van der Waals surface area contributed by atoms with Crippen molar-refractivity contribution in [3.63, 3.8) is 0 Å². The van der Waals surface area contributed by atoms with Crippen LogP contribution in [0, 0.1) is 11.8 Å². The summed E-state index contributed by atoms with van der Waals surface area (Å²) in [6.45, 7) is 4.00. The van der Waals surface area contributed by atoms with Crippen LogP contribution < -0.4 is 10.6 Å². The van der Waals surface area contributed by atoms with Gasteiger partial charge in [0.05, 0.1) is 6.10 Å². The van der Waals surface area contributed by atoms with Crippen LogP contribution in [-0.4, -0.2) is 34.3 Å². The number of hydrogen-bond donors (Lipinski definition) is 2. The van der Waals surface area contributed by atoms with Gasteiger partial charge in [-0.2, -0.15) is 0 Å². The van der Waals surface area contributed by atoms with Crippen molar-refractivity contribution in [3.8, 4) is 0 Å². The quantitative estimate of drug-likeness (QED) is 0.856. The molecular weight excluding hydrogens is 240 g/mol. The molecule has 19 heavy (non-hydrogen) atoms. The van der Waals surface area contributed by atoms with Gasteiger partial charge in [-0.1, -0.05) is 6.92 Å². The first-order valence-electron chi connectivity index (χ1n) is 7.24. The van der Waals surface area contributed by atoms with E-state index in [-0.39, 0.29) is 6.10 Å². The molecule has 0 bridgehead atoms. The van der Waals surface area contributed by atoms with Crippen LogP contribution in [0.15, 0.2) is 6.07 Å². The number of nitrogen functional groups attached to an aromatic ring is 1. The van der Waals surface area contributed by atoms with Gasteiger partial charge in [-0.05, 0) is 25.2 Å². The van der Waals surface area contributed by atoms with E-state index in [0.29, 0.717) is 17.7 Å². The average molecular weight is 262 g/mol. The highest BCUT2D eigenvalue weighted by atomic mass is 16.3. The Morgan fingerprint density at radius 1 is 1.37 bits per heavy atom. The number of nitrogens with two attached hydrogens (primary N) is 1. The maximum atomic E-state index is 9.97. The third-order valence-electron chi connectivity index (χ3n) is 4.40. The van der Waals surface area contributed by atoms with E-state index in [1.54, 1.807) is 0 Å². The molecule has 3 N–H and O–H groups in total. The zero-order valence-electron chi connectivity index (χ0n) is 11.4. The number of aliphatic hydroxyl groups is 1. The molecule has 5 heteroatoms. The van der Waals surface area contributed by atoms with Gasteiger partial charge in [-0.15, -0.1) is 0 Å². The van der Waals surface area contributed by atoms with Crippen LogP contribution in [0.4, 0.5) is 11.6 Å². The van der Waals surface area contributed by atoms with Crippen molar-refractivity contribution in [2.24, 2.45) is 11.8 Å². The Hall–Kier alpha value is -1.36. The fraction of sp³-hybridized carbons (Fsp3) is 0.714. The van der Waals surface area contributed by atoms with Crippen molar-refractivity contribution in [2.75, 3.05) is 23.7 Å². The highest BCUT2D eigenvalue weighted by Gasteiger charge is 2.42. The number of aliphatic hydroxyl groups excluding tert-OH is 1. The average Bonchev–Trinajstić information content (AvgIpc) is 2.92. The first-order chi connectivity index (χ1) is 9.17. The normalized spacial score (nSPS) is 29.8. The first kappa shape index (κ1) is 12.7. The van der Waals surface area contributed by atoms with Crippen LogP contribution in [0.25, 0.3) is 0 Å². The Morgan fingerprint density at radius 2 is 2.21 bits per heavy atom. The maximum Gasteiger partial charge on any atom is 0.134 e. The molecule has 5 nitrogen and oxygen atoms in total. The van der Waals surface area contributed by atoms with Crippen molar-refractivity contribution in [3.05, 3.63) is 11.9 Å². The van der Waals surface area contributed by atoms with E-state index in [1.165, 1.54) is 0 Å². The lowest BCUT2D eigenvalue weighted by Gasteiger charge is -2.20. The molecule has 1 aromatic heterocycles.